The van der Waals surface area contributed by atoms with Crippen molar-refractivity contribution >= 4 is 16.3 Å². The van der Waals surface area contributed by atoms with Crippen LogP contribution in [0.4, 0.5) is 5.00 Å². The Morgan fingerprint density at radius 3 is 3.00 bits per heavy atom. The Bertz CT molecular complexity index is 401. The summed E-state index contributed by atoms with van der Waals surface area (Å²) in [5, 5.41) is 16.9. The van der Waals surface area contributed by atoms with Crippen molar-refractivity contribution < 1.29 is 0 Å². The Morgan fingerprint density at radius 1 is 1.53 bits per heavy atom. The number of fused-ring (bicyclic) bond motifs is 1. The molecule has 4 heteroatoms. The van der Waals surface area contributed by atoms with Crippen molar-refractivity contribution in [3.63, 3.8) is 0 Å². The molecule has 0 amide bonds. The van der Waals surface area contributed by atoms with Gasteiger partial charge in [-0.2, -0.15) is 5.26 Å². The van der Waals surface area contributed by atoms with Gasteiger partial charge in [-0.15, -0.1) is 11.3 Å². The van der Waals surface area contributed by atoms with Crippen LogP contribution in [0.15, 0.2) is 0 Å². The van der Waals surface area contributed by atoms with Gasteiger partial charge in [0.25, 0.3) is 0 Å². The predicted molar refractivity (Wildman–Crippen MR) is 63.2 cm³/mol. The van der Waals surface area contributed by atoms with Crippen LogP contribution in [0.3, 0.4) is 0 Å². The normalized spacial score (nSPS) is 14.8. The van der Waals surface area contributed by atoms with Crippen LogP contribution in [0.25, 0.3) is 0 Å². The molecule has 1 aromatic rings. The zero-order chi connectivity index (χ0) is 10.8. The van der Waals surface area contributed by atoms with Crippen molar-refractivity contribution in [3.8, 4) is 6.07 Å². The highest BCUT2D eigenvalue weighted by Crippen LogP contribution is 2.34. The van der Waals surface area contributed by atoms with Crippen LogP contribution in [0.1, 0.15) is 29.9 Å². The van der Waals surface area contributed by atoms with Gasteiger partial charge >= 0.3 is 0 Å². The van der Waals surface area contributed by atoms with Gasteiger partial charge in [0.15, 0.2) is 0 Å². The molecule has 1 aliphatic heterocycles. The maximum absolute atomic E-state index is 9.17. The molecule has 2 heterocycles. The largest absolute Gasteiger partial charge is 0.374 e. The fourth-order valence-electron chi connectivity index (χ4n) is 1.82. The van der Waals surface area contributed by atoms with Crippen molar-refractivity contribution in [3.05, 3.63) is 16.0 Å². The number of thiophene rings is 1. The number of nitrogens with zero attached hydrogens (tertiary/aromatic N) is 1. The number of hydrogen-bond acceptors (Lipinski definition) is 4. The minimum atomic E-state index is 0.380. The molecular weight excluding hydrogens is 206 g/mol. The summed E-state index contributed by atoms with van der Waals surface area (Å²) in [5.74, 6) is 0. The molecule has 0 atom stereocenters. The maximum atomic E-state index is 9.17. The Labute approximate surface area is 94.1 Å². The molecular formula is C11H15N3S. The molecule has 80 valence electrons. The van der Waals surface area contributed by atoms with Gasteiger partial charge in [-0.25, -0.2) is 0 Å². The Kier molecular flexibility index (Phi) is 2.94. The van der Waals surface area contributed by atoms with Crippen molar-refractivity contribution in [2.75, 3.05) is 11.9 Å². The summed E-state index contributed by atoms with van der Waals surface area (Å²) >= 11 is 1.72. The van der Waals surface area contributed by atoms with E-state index in [4.69, 9.17) is 0 Å². The van der Waals surface area contributed by atoms with E-state index < -0.39 is 0 Å². The van der Waals surface area contributed by atoms with Crippen LogP contribution in [0, 0.1) is 11.3 Å². The van der Waals surface area contributed by atoms with E-state index in [0.29, 0.717) is 6.04 Å². The van der Waals surface area contributed by atoms with Gasteiger partial charge in [-0.1, -0.05) is 0 Å². The zero-order valence-corrected chi connectivity index (χ0v) is 9.87. The number of rotatable bonds is 2. The third-order valence-electron chi connectivity index (χ3n) is 2.46. The highest BCUT2D eigenvalue weighted by atomic mass is 32.1. The lowest BCUT2D eigenvalue weighted by Crippen LogP contribution is -2.22. The highest BCUT2D eigenvalue weighted by molar-refractivity contribution is 7.16. The third kappa shape index (κ3) is 1.99. The average Bonchev–Trinajstić information content (AvgIpc) is 2.53. The maximum Gasteiger partial charge on any atom is 0.107 e. The predicted octanol–water partition coefficient (Wildman–Crippen LogP) is 2.09. The van der Waals surface area contributed by atoms with Gasteiger partial charge in [0.2, 0.25) is 0 Å². The van der Waals surface area contributed by atoms with Gasteiger partial charge < -0.3 is 10.6 Å². The number of hydrogen-bond donors (Lipinski definition) is 2. The Balaban J connectivity index is 2.38. The molecule has 0 radical (unpaired) electrons. The van der Waals surface area contributed by atoms with E-state index in [-0.39, 0.29) is 0 Å². The lowest BCUT2D eigenvalue weighted by Gasteiger charge is -2.11. The lowest BCUT2D eigenvalue weighted by molar-refractivity contribution is 0.654. The summed E-state index contributed by atoms with van der Waals surface area (Å²) in [5.41, 5.74) is 2.12. The second-order valence-electron chi connectivity index (χ2n) is 4.05. The molecule has 3 nitrogen and oxygen atoms in total. The van der Waals surface area contributed by atoms with Gasteiger partial charge in [0, 0.05) is 17.5 Å². The summed E-state index contributed by atoms with van der Waals surface area (Å²) in [6, 6.07) is 2.71. The standard InChI is InChI=1S/C11H15N3S/c1-7(2)14-11-9(5-12)8-3-4-13-6-10(8)15-11/h7,13-14H,3-4,6H2,1-2H3. The summed E-state index contributed by atoms with van der Waals surface area (Å²) in [7, 11) is 0. The van der Waals surface area contributed by atoms with Crippen molar-refractivity contribution in [2.24, 2.45) is 0 Å². The molecule has 2 rings (SSSR count). The third-order valence-corrected chi connectivity index (χ3v) is 3.62. The van der Waals surface area contributed by atoms with Gasteiger partial charge in [-0.05, 0) is 32.4 Å². The van der Waals surface area contributed by atoms with Crippen LogP contribution < -0.4 is 10.6 Å². The van der Waals surface area contributed by atoms with Crippen molar-refractivity contribution in [1.82, 2.24) is 5.32 Å². The molecule has 0 fully saturated rings. The van der Waals surface area contributed by atoms with E-state index in [1.807, 2.05) is 0 Å². The first-order valence-corrected chi connectivity index (χ1v) is 6.06. The topological polar surface area (TPSA) is 47.9 Å². The molecule has 1 aliphatic rings. The molecule has 0 bridgehead atoms. The number of nitrogens with one attached hydrogen (secondary N) is 2. The second kappa shape index (κ2) is 4.21. The molecule has 2 N–H and O–H groups in total. The van der Waals surface area contributed by atoms with Crippen molar-refractivity contribution in [1.29, 1.82) is 5.26 Å². The van der Waals surface area contributed by atoms with E-state index in [1.54, 1.807) is 11.3 Å². The molecule has 0 aliphatic carbocycles. The van der Waals surface area contributed by atoms with E-state index in [0.717, 1.165) is 30.1 Å². The summed E-state index contributed by atoms with van der Waals surface area (Å²) in [6.07, 6.45) is 0.981. The van der Waals surface area contributed by atoms with E-state index in [1.165, 1.54) is 10.4 Å². The highest BCUT2D eigenvalue weighted by Gasteiger charge is 2.20. The minimum Gasteiger partial charge on any atom is -0.374 e. The molecule has 0 spiro atoms. The van der Waals surface area contributed by atoms with E-state index in [2.05, 4.69) is 30.6 Å². The molecule has 15 heavy (non-hydrogen) atoms. The average molecular weight is 221 g/mol. The Morgan fingerprint density at radius 2 is 2.33 bits per heavy atom. The Hall–Kier alpha value is -1.05. The van der Waals surface area contributed by atoms with Crippen LogP contribution >= 0.6 is 11.3 Å². The first-order valence-electron chi connectivity index (χ1n) is 5.24. The van der Waals surface area contributed by atoms with E-state index >= 15 is 0 Å². The first kappa shape index (κ1) is 10.5. The van der Waals surface area contributed by atoms with Crippen LogP contribution in [0.2, 0.25) is 0 Å². The van der Waals surface area contributed by atoms with Gasteiger partial charge in [-0.3, -0.25) is 0 Å². The van der Waals surface area contributed by atoms with Crippen LogP contribution in [0.5, 0.6) is 0 Å². The van der Waals surface area contributed by atoms with E-state index in [9.17, 15) is 5.26 Å². The molecule has 1 aromatic heterocycles. The summed E-state index contributed by atoms with van der Waals surface area (Å²) in [4.78, 5) is 1.32. The van der Waals surface area contributed by atoms with Gasteiger partial charge in [0.05, 0.1) is 5.56 Å². The quantitative estimate of drug-likeness (QED) is 0.804. The molecule has 0 aromatic carbocycles. The summed E-state index contributed by atoms with van der Waals surface area (Å²) < 4.78 is 0. The van der Waals surface area contributed by atoms with Crippen LogP contribution in [-0.2, 0) is 13.0 Å². The summed E-state index contributed by atoms with van der Waals surface area (Å²) in [6.45, 7) is 6.09. The monoisotopic (exact) mass is 221 g/mol. The number of nitriles is 1. The smallest absolute Gasteiger partial charge is 0.107 e. The molecule has 0 unspecified atom stereocenters. The molecule has 0 saturated carbocycles. The van der Waals surface area contributed by atoms with Gasteiger partial charge in [0.1, 0.15) is 11.1 Å². The SMILES string of the molecule is CC(C)Nc1sc2c(c1C#N)CCNC2. The van der Waals surface area contributed by atoms with Crippen molar-refractivity contribution in [2.45, 2.75) is 32.9 Å². The fraction of sp³-hybridized carbons (Fsp3) is 0.545. The fourth-order valence-corrected chi connectivity index (χ4v) is 3.13. The lowest BCUT2D eigenvalue weighted by atomic mass is 10.1. The number of anilines is 1. The second-order valence-corrected chi connectivity index (χ2v) is 5.15. The zero-order valence-electron chi connectivity index (χ0n) is 9.05. The van der Waals surface area contributed by atoms with Crippen LogP contribution in [-0.4, -0.2) is 12.6 Å². The first-order chi connectivity index (χ1) is 7.22. The molecule has 0 saturated heterocycles. The minimum absolute atomic E-state index is 0.380.